The number of furan rings is 1. The van der Waals surface area contributed by atoms with Gasteiger partial charge in [-0.3, -0.25) is 4.98 Å². The molecule has 2 aromatic rings. The van der Waals surface area contributed by atoms with Crippen molar-refractivity contribution in [3.8, 4) is 0 Å². The van der Waals surface area contributed by atoms with E-state index in [0.717, 1.165) is 12.7 Å². The first-order valence-electron chi connectivity index (χ1n) is 6.74. The first-order valence-corrected chi connectivity index (χ1v) is 6.74. The van der Waals surface area contributed by atoms with Crippen LogP contribution in [-0.2, 0) is 6.54 Å². The van der Waals surface area contributed by atoms with E-state index < -0.39 is 5.82 Å². The summed E-state index contributed by atoms with van der Waals surface area (Å²) < 4.78 is 19.9. The van der Waals surface area contributed by atoms with E-state index in [2.05, 4.69) is 11.6 Å². The molecule has 0 aliphatic carbocycles. The van der Waals surface area contributed by atoms with E-state index in [1.54, 1.807) is 24.6 Å². The molecule has 3 N–H and O–H groups in total. The van der Waals surface area contributed by atoms with Crippen molar-refractivity contribution in [2.75, 3.05) is 7.11 Å². The molecule has 0 amide bonds. The fraction of sp³-hybridized carbons (Fsp3) is 0.235. The van der Waals surface area contributed by atoms with Crippen molar-refractivity contribution in [1.29, 1.82) is 0 Å². The molecule has 0 saturated carbocycles. The van der Waals surface area contributed by atoms with Crippen LogP contribution in [0.1, 0.15) is 25.1 Å². The number of nitrogens with zero attached hydrogens (tertiary/aromatic N) is 1. The fourth-order valence-corrected chi connectivity index (χ4v) is 1.96. The Balaban J connectivity index is 0.00000116. The summed E-state index contributed by atoms with van der Waals surface area (Å²) in [5.74, 6) is -0.418. The monoisotopic (exact) mass is 304 g/mol. The number of nitrogens with two attached hydrogens (primary N) is 1. The summed E-state index contributed by atoms with van der Waals surface area (Å²) in [6, 6.07) is 3.36. The molecule has 0 aliphatic heterocycles. The zero-order valence-corrected chi connectivity index (χ0v) is 13.1. The molecule has 0 bridgehead atoms. The maximum Gasteiger partial charge on any atom is 0.153 e. The summed E-state index contributed by atoms with van der Waals surface area (Å²) in [6.07, 6.45) is 4.96. The average molecular weight is 304 g/mol. The van der Waals surface area contributed by atoms with Crippen molar-refractivity contribution in [2.45, 2.75) is 20.4 Å². The van der Waals surface area contributed by atoms with Crippen LogP contribution < -0.4 is 16.4 Å². The molecule has 0 spiro atoms. The predicted octanol–water partition coefficient (Wildman–Crippen LogP) is 1.46. The molecule has 0 aromatic carbocycles. The van der Waals surface area contributed by atoms with Crippen LogP contribution in [0.3, 0.4) is 0 Å². The van der Waals surface area contributed by atoms with Crippen LogP contribution in [-0.4, -0.2) is 17.2 Å². The minimum Gasteiger partial charge on any atom is -0.464 e. The van der Waals surface area contributed by atoms with Gasteiger partial charge >= 0.3 is 0 Å². The highest BCUT2D eigenvalue weighted by Gasteiger charge is 2.13. The second-order valence-electron chi connectivity index (χ2n) is 4.73. The third-order valence-electron chi connectivity index (χ3n) is 2.87. The molecule has 0 aliphatic rings. The summed E-state index contributed by atoms with van der Waals surface area (Å²) in [6.45, 7) is 7.83. The van der Waals surface area contributed by atoms with Crippen molar-refractivity contribution in [2.24, 2.45) is 5.73 Å². The van der Waals surface area contributed by atoms with Gasteiger partial charge < -0.3 is 15.3 Å². The molecule has 22 heavy (non-hydrogen) atoms. The highest BCUT2D eigenvalue weighted by atomic mass is 19.1. The Kier molecular flexibility index (Phi) is 6.69. The Morgan fingerprint density at radius 3 is 2.59 bits per heavy atom. The minimum absolute atomic E-state index is 0.0527. The maximum absolute atomic E-state index is 14.4. The largest absolute Gasteiger partial charge is 0.464 e. The van der Waals surface area contributed by atoms with Crippen LogP contribution in [0.15, 0.2) is 40.7 Å². The molecule has 0 saturated heterocycles. The van der Waals surface area contributed by atoms with Gasteiger partial charge in [0.25, 0.3) is 0 Å². The Morgan fingerprint density at radius 1 is 1.41 bits per heavy atom. The van der Waals surface area contributed by atoms with Gasteiger partial charge in [-0.25, -0.2) is 4.39 Å². The smallest absolute Gasteiger partial charge is 0.153 e. The lowest BCUT2D eigenvalue weighted by atomic mass is 10.0. The summed E-state index contributed by atoms with van der Waals surface area (Å²) >= 11 is 0. The van der Waals surface area contributed by atoms with Gasteiger partial charge in [-0.05, 0) is 26.0 Å². The highest BCUT2D eigenvalue weighted by Crippen LogP contribution is 2.19. The van der Waals surface area contributed by atoms with Crippen molar-refractivity contribution in [1.82, 2.24) is 4.98 Å². The van der Waals surface area contributed by atoms with Gasteiger partial charge in [0.2, 0.25) is 0 Å². The first kappa shape index (κ1) is 17.8. The Bertz CT molecular complexity index is 759. The molecule has 0 fully saturated rings. The number of hydrogen-bond donors (Lipinski definition) is 2. The molecular weight excluding hydrogens is 283 g/mol. The standard InChI is InChI=1S/C16H17FN2O.CH4O/c1-10(2)8-13(16-11(3)5-7-20-16)12-4-6-19-14(9-18)15(12)17;1-2/h4-8H,3,9,18H2,1-2H3;2H,1H3/b16-13-;. The second kappa shape index (κ2) is 8.26. The number of hydrogen-bond acceptors (Lipinski definition) is 4. The van der Waals surface area contributed by atoms with Crippen LogP contribution in [0.2, 0.25) is 0 Å². The number of halogens is 1. The molecule has 4 nitrogen and oxygen atoms in total. The van der Waals surface area contributed by atoms with Crippen molar-refractivity contribution < 1.29 is 13.9 Å². The van der Waals surface area contributed by atoms with E-state index in [9.17, 15) is 4.39 Å². The van der Waals surface area contributed by atoms with Gasteiger partial charge in [-0.2, -0.15) is 0 Å². The van der Waals surface area contributed by atoms with Gasteiger partial charge in [0.15, 0.2) is 5.82 Å². The molecule has 0 radical (unpaired) electrons. The van der Waals surface area contributed by atoms with Crippen molar-refractivity contribution in [3.63, 3.8) is 0 Å². The van der Waals surface area contributed by atoms with Gasteiger partial charge in [0.05, 0.1) is 12.0 Å². The van der Waals surface area contributed by atoms with E-state index in [0.29, 0.717) is 21.8 Å². The van der Waals surface area contributed by atoms with Gasteiger partial charge in [0.1, 0.15) is 5.42 Å². The molecule has 2 aromatic heterocycles. The molecular formula is C17H21FN2O2. The van der Waals surface area contributed by atoms with E-state index in [4.69, 9.17) is 15.3 Å². The number of allylic oxidation sites excluding steroid dienone is 2. The van der Waals surface area contributed by atoms with Crippen molar-refractivity contribution in [3.05, 3.63) is 64.0 Å². The summed E-state index contributed by atoms with van der Waals surface area (Å²) in [7, 11) is 1.00. The summed E-state index contributed by atoms with van der Waals surface area (Å²) in [5, 5.41) is 7.71. The number of aliphatic hydroxyl groups is 1. The van der Waals surface area contributed by atoms with Crippen LogP contribution in [0.5, 0.6) is 0 Å². The van der Waals surface area contributed by atoms with E-state index in [-0.39, 0.29) is 12.2 Å². The fourth-order valence-electron chi connectivity index (χ4n) is 1.96. The van der Waals surface area contributed by atoms with Gasteiger partial charge in [0, 0.05) is 36.2 Å². The lowest BCUT2D eigenvalue weighted by molar-refractivity contribution is 0.399. The molecule has 2 heterocycles. The number of rotatable bonds is 3. The second-order valence-corrected chi connectivity index (χ2v) is 4.73. The summed E-state index contributed by atoms with van der Waals surface area (Å²) in [4.78, 5) is 3.94. The lowest BCUT2D eigenvalue weighted by Gasteiger charge is -2.07. The Hall–Kier alpha value is -2.24. The number of pyridine rings is 1. The zero-order valence-electron chi connectivity index (χ0n) is 13.1. The van der Waals surface area contributed by atoms with Crippen molar-refractivity contribution >= 4 is 12.2 Å². The predicted molar refractivity (Wildman–Crippen MR) is 85.7 cm³/mol. The Morgan fingerprint density at radius 2 is 2.09 bits per heavy atom. The average Bonchev–Trinajstić information content (AvgIpc) is 2.93. The third kappa shape index (κ3) is 3.90. The SMILES string of the molecule is C=c1cco/c1=C(/C=C(C)C)c1ccnc(CN)c1F.CO. The topological polar surface area (TPSA) is 72.3 Å². The minimum atomic E-state index is -0.418. The van der Waals surface area contributed by atoms with Crippen LogP contribution >= 0.6 is 0 Å². The van der Waals surface area contributed by atoms with E-state index in [1.165, 1.54) is 0 Å². The van der Waals surface area contributed by atoms with Crippen LogP contribution in [0, 0.1) is 5.82 Å². The van der Waals surface area contributed by atoms with Crippen LogP contribution in [0.4, 0.5) is 4.39 Å². The Labute approximate surface area is 129 Å². The number of aliphatic hydroxyl groups excluding tert-OH is 1. The van der Waals surface area contributed by atoms with Gasteiger partial charge in [-0.1, -0.05) is 18.2 Å². The quantitative estimate of drug-likeness (QED) is 0.900. The molecule has 0 unspecified atom stereocenters. The number of aromatic nitrogens is 1. The zero-order chi connectivity index (χ0) is 16.7. The molecule has 2 rings (SSSR count). The maximum atomic E-state index is 14.4. The lowest BCUT2D eigenvalue weighted by Crippen LogP contribution is -2.21. The highest BCUT2D eigenvalue weighted by molar-refractivity contribution is 5.73. The molecule has 118 valence electrons. The third-order valence-corrected chi connectivity index (χ3v) is 2.87. The summed E-state index contributed by atoms with van der Waals surface area (Å²) in [5.41, 5.74) is 8.39. The van der Waals surface area contributed by atoms with E-state index >= 15 is 0 Å². The van der Waals surface area contributed by atoms with Crippen LogP contribution in [0.25, 0.3) is 12.2 Å². The molecule has 0 atom stereocenters. The van der Waals surface area contributed by atoms with E-state index in [1.807, 2.05) is 19.9 Å². The first-order chi connectivity index (χ1) is 10.5. The normalized spacial score (nSPS) is 11.4. The molecule has 5 heteroatoms. The van der Waals surface area contributed by atoms with Gasteiger partial charge in [-0.15, -0.1) is 0 Å².